The summed E-state index contributed by atoms with van der Waals surface area (Å²) in [4.78, 5) is 2.40. The normalized spacial score (nSPS) is 16.7. The highest BCUT2D eigenvalue weighted by molar-refractivity contribution is 6.31. The average Bonchev–Trinajstić information content (AvgIpc) is 2.98. The monoisotopic (exact) mass is 309 g/mol. The molecule has 3 N–H and O–H groups in total. The summed E-state index contributed by atoms with van der Waals surface area (Å²) in [5.41, 5.74) is 7.56. The Labute approximate surface area is 131 Å². The van der Waals surface area contributed by atoms with Crippen LogP contribution < -0.4 is 10.6 Å². The number of benzene rings is 1. The van der Waals surface area contributed by atoms with Crippen LogP contribution in [0.4, 0.5) is 5.69 Å². The van der Waals surface area contributed by atoms with E-state index in [2.05, 4.69) is 23.9 Å². The van der Waals surface area contributed by atoms with Gasteiger partial charge in [0.15, 0.2) is 5.84 Å². The molecule has 0 aromatic heterocycles. The van der Waals surface area contributed by atoms with Crippen molar-refractivity contribution >= 4 is 23.1 Å². The number of amidine groups is 1. The minimum absolute atomic E-state index is 0.110. The first-order valence-electron chi connectivity index (χ1n) is 7.57. The Kier molecular flexibility index (Phi) is 5.34. The van der Waals surface area contributed by atoms with Crippen molar-refractivity contribution < 1.29 is 5.21 Å². The van der Waals surface area contributed by atoms with Crippen molar-refractivity contribution in [3.63, 3.8) is 0 Å². The molecule has 21 heavy (non-hydrogen) atoms. The second kappa shape index (κ2) is 7.03. The van der Waals surface area contributed by atoms with Gasteiger partial charge < -0.3 is 15.8 Å². The van der Waals surface area contributed by atoms with Crippen LogP contribution in [0.5, 0.6) is 0 Å². The standard InChI is InChI=1S/C16H24ClN3O/c1-11(2)10-20(13-5-3-4-6-13)15-8-7-12(17)9-14(15)16(18)19-21/h7-9,11,13,21H,3-6,10H2,1-2H3,(H2,18,19). The number of anilines is 1. The largest absolute Gasteiger partial charge is 0.409 e. The van der Waals surface area contributed by atoms with Gasteiger partial charge in [-0.15, -0.1) is 0 Å². The van der Waals surface area contributed by atoms with Crippen LogP contribution in [0.25, 0.3) is 0 Å². The molecule has 0 saturated heterocycles. The highest BCUT2D eigenvalue weighted by atomic mass is 35.5. The maximum Gasteiger partial charge on any atom is 0.172 e. The third-order valence-electron chi connectivity index (χ3n) is 3.98. The molecule has 0 bridgehead atoms. The van der Waals surface area contributed by atoms with Gasteiger partial charge in [0, 0.05) is 28.9 Å². The molecule has 0 atom stereocenters. The lowest BCUT2D eigenvalue weighted by Gasteiger charge is -2.34. The van der Waals surface area contributed by atoms with Crippen LogP contribution in [0.2, 0.25) is 5.02 Å². The first-order valence-corrected chi connectivity index (χ1v) is 7.94. The summed E-state index contributed by atoms with van der Waals surface area (Å²) in [6, 6.07) is 6.15. The lowest BCUT2D eigenvalue weighted by Crippen LogP contribution is -2.37. The smallest absolute Gasteiger partial charge is 0.172 e. The molecular weight excluding hydrogens is 286 g/mol. The van der Waals surface area contributed by atoms with Gasteiger partial charge in [0.1, 0.15) is 0 Å². The lowest BCUT2D eigenvalue weighted by molar-refractivity contribution is 0.318. The van der Waals surface area contributed by atoms with Gasteiger partial charge in [0.2, 0.25) is 0 Å². The number of nitrogens with zero attached hydrogens (tertiary/aromatic N) is 2. The van der Waals surface area contributed by atoms with Crippen molar-refractivity contribution in [2.75, 3.05) is 11.4 Å². The zero-order valence-electron chi connectivity index (χ0n) is 12.7. The summed E-state index contributed by atoms with van der Waals surface area (Å²) in [7, 11) is 0. The van der Waals surface area contributed by atoms with Crippen LogP contribution in [0, 0.1) is 5.92 Å². The Bertz CT molecular complexity index is 510. The minimum atomic E-state index is 0.110. The highest BCUT2D eigenvalue weighted by Crippen LogP contribution is 2.32. The van der Waals surface area contributed by atoms with E-state index in [1.165, 1.54) is 25.7 Å². The molecule has 1 aromatic rings. The molecule has 0 unspecified atom stereocenters. The molecule has 1 saturated carbocycles. The van der Waals surface area contributed by atoms with Gasteiger partial charge >= 0.3 is 0 Å². The van der Waals surface area contributed by atoms with E-state index in [-0.39, 0.29) is 5.84 Å². The Balaban J connectivity index is 2.43. The van der Waals surface area contributed by atoms with Gasteiger partial charge in [0.25, 0.3) is 0 Å². The van der Waals surface area contributed by atoms with E-state index in [4.69, 9.17) is 22.5 Å². The first kappa shape index (κ1) is 16.0. The van der Waals surface area contributed by atoms with Gasteiger partial charge in [-0.05, 0) is 37.0 Å². The number of nitrogens with two attached hydrogens (primary N) is 1. The second-order valence-electron chi connectivity index (χ2n) is 6.13. The van der Waals surface area contributed by atoms with Crippen molar-refractivity contribution in [3.05, 3.63) is 28.8 Å². The topological polar surface area (TPSA) is 61.8 Å². The fraction of sp³-hybridized carbons (Fsp3) is 0.562. The molecule has 116 valence electrons. The molecule has 0 amide bonds. The van der Waals surface area contributed by atoms with Gasteiger partial charge in [-0.3, -0.25) is 0 Å². The number of hydrogen-bond donors (Lipinski definition) is 2. The van der Waals surface area contributed by atoms with E-state index >= 15 is 0 Å². The van der Waals surface area contributed by atoms with Crippen molar-refractivity contribution in [1.29, 1.82) is 0 Å². The summed E-state index contributed by atoms with van der Waals surface area (Å²) in [6.07, 6.45) is 4.94. The van der Waals surface area contributed by atoms with E-state index in [9.17, 15) is 0 Å². The molecule has 1 fully saturated rings. The van der Waals surface area contributed by atoms with Crippen molar-refractivity contribution in [2.24, 2.45) is 16.8 Å². The van der Waals surface area contributed by atoms with E-state index in [0.29, 0.717) is 22.5 Å². The Morgan fingerprint density at radius 2 is 2.10 bits per heavy atom. The first-order chi connectivity index (χ1) is 10.0. The van der Waals surface area contributed by atoms with E-state index in [1.807, 2.05) is 12.1 Å². The molecule has 5 heteroatoms. The molecule has 0 spiro atoms. The number of hydrogen-bond acceptors (Lipinski definition) is 3. The summed E-state index contributed by atoms with van der Waals surface area (Å²) in [6.45, 7) is 5.38. The molecular formula is C16H24ClN3O. The molecule has 0 aliphatic heterocycles. The zero-order valence-corrected chi connectivity index (χ0v) is 13.5. The lowest BCUT2D eigenvalue weighted by atomic mass is 10.1. The Morgan fingerprint density at radius 3 is 2.67 bits per heavy atom. The molecule has 2 rings (SSSR count). The molecule has 0 heterocycles. The van der Waals surface area contributed by atoms with E-state index < -0.39 is 0 Å². The SMILES string of the molecule is CC(C)CN(c1ccc(Cl)cc1/C(N)=N/O)C1CCCC1. The minimum Gasteiger partial charge on any atom is -0.409 e. The van der Waals surface area contributed by atoms with Crippen molar-refractivity contribution in [1.82, 2.24) is 0 Å². The Hall–Kier alpha value is -1.42. The quantitative estimate of drug-likeness (QED) is 0.376. The molecule has 1 aliphatic rings. The van der Waals surface area contributed by atoms with Crippen molar-refractivity contribution in [3.8, 4) is 0 Å². The second-order valence-corrected chi connectivity index (χ2v) is 6.57. The predicted octanol–water partition coefficient (Wildman–Crippen LogP) is 3.84. The molecule has 1 aliphatic carbocycles. The van der Waals surface area contributed by atoms with Gasteiger partial charge in [-0.1, -0.05) is 43.4 Å². The van der Waals surface area contributed by atoms with Crippen LogP contribution in [-0.4, -0.2) is 23.6 Å². The predicted molar refractivity (Wildman–Crippen MR) is 88.4 cm³/mol. The number of halogens is 1. The third kappa shape index (κ3) is 3.82. The fourth-order valence-corrected chi connectivity index (χ4v) is 3.24. The van der Waals surface area contributed by atoms with Gasteiger partial charge in [-0.25, -0.2) is 0 Å². The average molecular weight is 310 g/mol. The van der Waals surface area contributed by atoms with Crippen LogP contribution in [0.15, 0.2) is 23.4 Å². The van der Waals surface area contributed by atoms with Crippen LogP contribution >= 0.6 is 11.6 Å². The molecule has 1 aromatic carbocycles. The van der Waals surface area contributed by atoms with E-state index in [0.717, 1.165) is 12.2 Å². The summed E-state index contributed by atoms with van der Waals surface area (Å²) in [5.74, 6) is 0.653. The Morgan fingerprint density at radius 1 is 1.43 bits per heavy atom. The summed E-state index contributed by atoms with van der Waals surface area (Å²) >= 11 is 6.08. The van der Waals surface area contributed by atoms with Crippen LogP contribution in [0.1, 0.15) is 45.1 Å². The number of oxime groups is 1. The van der Waals surface area contributed by atoms with Crippen LogP contribution in [-0.2, 0) is 0 Å². The zero-order chi connectivity index (χ0) is 15.4. The van der Waals surface area contributed by atoms with Gasteiger partial charge in [-0.2, -0.15) is 0 Å². The maximum atomic E-state index is 9.03. The maximum absolute atomic E-state index is 9.03. The number of rotatable bonds is 5. The third-order valence-corrected chi connectivity index (χ3v) is 4.21. The summed E-state index contributed by atoms with van der Waals surface area (Å²) < 4.78 is 0. The van der Waals surface area contributed by atoms with E-state index in [1.54, 1.807) is 6.07 Å². The highest BCUT2D eigenvalue weighted by Gasteiger charge is 2.26. The van der Waals surface area contributed by atoms with Crippen molar-refractivity contribution in [2.45, 2.75) is 45.6 Å². The molecule has 0 radical (unpaired) electrons. The fourth-order valence-electron chi connectivity index (χ4n) is 3.07. The van der Waals surface area contributed by atoms with Crippen LogP contribution in [0.3, 0.4) is 0 Å². The van der Waals surface area contributed by atoms with Gasteiger partial charge in [0.05, 0.1) is 0 Å². The molecule has 4 nitrogen and oxygen atoms in total. The summed E-state index contributed by atoms with van der Waals surface area (Å²) in [5, 5.41) is 12.8.